The number of hydrogen-bond acceptors (Lipinski definition) is 5. The number of Topliss-reactive ketones (excluding diaryl/α,β-unsaturated/α-hetero) is 1. The van der Waals surface area contributed by atoms with Gasteiger partial charge >= 0.3 is 5.97 Å². The van der Waals surface area contributed by atoms with Crippen LogP contribution in [-0.4, -0.2) is 31.6 Å². The smallest absolute Gasteiger partial charge is 0.354 e. The minimum Gasteiger partial charge on any atom is -0.464 e. The van der Waals surface area contributed by atoms with Crippen molar-refractivity contribution >= 4 is 23.2 Å². The molecule has 0 fully saturated rings. The van der Waals surface area contributed by atoms with Crippen molar-refractivity contribution in [2.24, 2.45) is 5.10 Å². The van der Waals surface area contributed by atoms with Crippen LogP contribution in [0.2, 0.25) is 0 Å². The molecule has 0 amide bonds. The van der Waals surface area contributed by atoms with Crippen LogP contribution in [0.3, 0.4) is 0 Å². The van der Waals surface area contributed by atoms with Crippen LogP contribution >= 0.6 is 0 Å². The predicted molar refractivity (Wildman–Crippen MR) is 89.7 cm³/mol. The fraction of sp³-hybridized carbons (Fsp3) is 0.167. The molecule has 5 nitrogen and oxygen atoms in total. The Morgan fingerprint density at radius 2 is 1.57 bits per heavy atom. The predicted octanol–water partition coefficient (Wildman–Crippen LogP) is 2.92. The Balaban J connectivity index is 2.22. The first-order valence-electron chi connectivity index (χ1n) is 7.14. The second-order valence-corrected chi connectivity index (χ2v) is 4.86. The van der Waals surface area contributed by atoms with Gasteiger partial charge in [0.1, 0.15) is 0 Å². The van der Waals surface area contributed by atoms with Gasteiger partial charge in [0.05, 0.1) is 19.2 Å². The Morgan fingerprint density at radius 1 is 1.00 bits per heavy atom. The maximum Gasteiger partial charge on any atom is 0.354 e. The number of rotatable bonds is 6. The molecule has 23 heavy (non-hydrogen) atoms. The minimum absolute atomic E-state index is 0.0627. The molecule has 0 heterocycles. The zero-order chi connectivity index (χ0) is 16.7. The van der Waals surface area contributed by atoms with Crippen molar-refractivity contribution in [1.82, 2.24) is 0 Å². The monoisotopic (exact) mass is 310 g/mol. The summed E-state index contributed by atoms with van der Waals surface area (Å²) >= 11 is 0. The molecule has 5 heteroatoms. The topological polar surface area (TPSA) is 59.0 Å². The number of benzene rings is 2. The summed E-state index contributed by atoms with van der Waals surface area (Å²) in [6.07, 6.45) is -0.117. The number of para-hydroxylation sites is 1. The number of anilines is 1. The van der Waals surface area contributed by atoms with Crippen molar-refractivity contribution in [3.05, 3.63) is 66.2 Å². The summed E-state index contributed by atoms with van der Waals surface area (Å²) in [4.78, 5) is 24.2. The van der Waals surface area contributed by atoms with Crippen molar-refractivity contribution in [2.75, 3.05) is 19.2 Å². The average Bonchev–Trinajstić information content (AvgIpc) is 2.61. The molecule has 2 aromatic carbocycles. The third-order valence-electron chi connectivity index (χ3n) is 3.25. The second kappa shape index (κ2) is 7.89. The van der Waals surface area contributed by atoms with Gasteiger partial charge in [-0.05, 0) is 12.1 Å². The number of nitrogens with zero attached hydrogens (tertiary/aromatic N) is 2. The highest BCUT2D eigenvalue weighted by atomic mass is 16.5. The molecule has 2 rings (SSSR count). The first-order valence-corrected chi connectivity index (χ1v) is 7.14. The van der Waals surface area contributed by atoms with E-state index in [0.29, 0.717) is 5.56 Å². The number of hydrazone groups is 1. The summed E-state index contributed by atoms with van der Waals surface area (Å²) in [5, 5.41) is 5.78. The van der Waals surface area contributed by atoms with E-state index in [1.54, 1.807) is 36.3 Å². The third-order valence-corrected chi connectivity index (χ3v) is 3.25. The first kappa shape index (κ1) is 16.4. The lowest BCUT2D eigenvalue weighted by molar-refractivity contribution is -0.132. The molecule has 118 valence electrons. The summed E-state index contributed by atoms with van der Waals surface area (Å²) in [5.74, 6) is -0.798. The fourth-order valence-corrected chi connectivity index (χ4v) is 2.03. The van der Waals surface area contributed by atoms with Gasteiger partial charge in [0.2, 0.25) is 0 Å². The van der Waals surface area contributed by atoms with Crippen LogP contribution < -0.4 is 5.01 Å². The molecule has 0 radical (unpaired) electrons. The molecular formula is C18H18N2O3. The quantitative estimate of drug-likeness (QED) is 0.356. The van der Waals surface area contributed by atoms with E-state index in [2.05, 4.69) is 5.10 Å². The normalized spacial score (nSPS) is 11.0. The Bertz CT molecular complexity index is 697. The van der Waals surface area contributed by atoms with E-state index in [4.69, 9.17) is 4.74 Å². The van der Waals surface area contributed by atoms with Crippen LogP contribution in [0.5, 0.6) is 0 Å². The van der Waals surface area contributed by atoms with E-state index < -0.39 is 5.97 Å². The number of ketones is 1. The standard InChI is InChI=1S/C18H18N2O3/c1-20(15-11-7-4-8-12-15)19-16(18(22)23-2)13-17(21)14-9-5-3-6-10-14/h3-12H,13H2,1-2H3/b19-16-. The molecule has 0 spiro atoms. The molecule has 0 aliphatic heterocycles. The van der Waals surface area contributed by atoms with Gasteiger partial charge in [-0.15, -0.1) is 0 Å². The highest BCUT2D eigenvalue weighted by Crippen LogP contribution is 2.13. The van der Waals surface area contributed by atoms with E-state index in [1.807, 2.05) is 36.4 Å². The second-order valence-electron chi connectivity index (χ2n) is 4.86. The summed E-state index contributed by atoms with van der Waals surface area (Å²) < 4.78 is 4.74. The van der Waals surface area contributed by atoms with Crippen molar-refractivity contribution < 1.29 is 14.3 Å². The maximum absolute atomic E-state index is 12.3. The van der Waals surface area contributed by atoms with Crippen LogP contribution in [0, 0.1) is 0 Å². The molecule has 2 aromatic rings. The number of esters is 1. The van der Waals surface area contributed by atoms with E-state index in [0.717, 1.165) is 5.69 Å². The minimum atomic E-state index is -0.614. The van der Waals surface area contributed by atoms with E-state index in [-0.39, 0.29) is 17.9 Å². The van der Waals surface area contributed by atoms with Crippen LogP contribution in [0.1, 0.15) is 16.8 Å². The molecule has 0 N–H and O–H groups in total. The van der Waals surface area contributed by atoms with Gasteiger partial charge in [-0.1, -0.05) is 48.5 Å². The van der Waals surface area contributed by atoms with E-state index >= 15 is 0 Å². The summed E-state index contributed by atoms with van der Waals surface area (Å²) in [6, 6.07) is 18.1. The summed E-state index contributed by atoms with van der Waals surface area (Å²) in [6.45, 7) is 0. The molecule has 0 saturated carbocycles. The zero-order valence-corrected chi connectivity index (χ0v) is 13.1. The van der Waals surface area contributed by atoms with Gasteiger partial charge in [-0.25, -0.2) is 4.79 Å². The van der Waals surface area contributed by atoms with E-state index in [1.165, 1.54) is 7.11 Å². The van der Waals surface area contributed by atoms with Gasteiger partial charge in [0.25, 0.3) is 0 Å². The number of methoxy groups -OCH3 is 1. The molecule has 0 saturated heterocycles. The van der Waals surface area contributed by atoms with Crippen LogP contribution in [0.4, 0.5) is 5.69 Å². The van der Waals surface area contributed by atoms with Crippen LogP contribution in [0.15, 0.2) is 65.8 Å². The molecule has 0 unspecified atom stereocenters. The zero-order valence-electron chi connectivity index (χ0n) is 13.1. The van der Waals surface area contributed by atoms with Gasteiger partial charge in [-0.3, -0.25) is 9.80 Å². The lowest BCUT2D eigenvalue weighted by Crippen LogP contribution is -2.24. The number of hydrogen-bond donors (Lipinski definition) is 0. The molecule has 0 aliphatic rings. The third kappa shape index (κ3) is 4.51. The summed E-state index contributed by atoms with van der Waals surface area (Å²) in [7, 11) is 2.98. The number of carbonyl (C=O) groups is 2. The Morgan fingerprint density at radius 3 is 2.13 bits per heavy atom. The van der Waals surface area contributed by atoms with Gasteiger partial charge < -0.3 is 4.74 Å². The van der Waals surface area contributed by atoms with E-state index in [9.17, 15) is 9.59 Å². The highest BCUT2D eigenvalue weighted by Gasteiger charge is 2.19. The maximum atomic E-state index is 12.3. The molecule has 0 bridgehead atoms. The Hall–Kier alpha value is -2.95. The lowest BCUT2D eigenvalue weighted by atomic mass is 10.1. The van der Waals surface area contributed by atoms with Gasteiger partial charge in [0, 0.05) is 12.6 Å². The largest absolute Gasteiger partial charge is 0.464 e. The molecule has 0 atom stereocenters. The number of carbonyl (C=O) groups excluding carboxylic acids is 2. The van der Waals surface area contributed by atoms with Crippen LogP contribution in [0.25, 0.3) is 0 Å². The molecular weight excluding hydrogens is 292 g/mol. The lowest BCUT2D eigenvalue weighted by Gasteiger charge is -2.14. The molecule has 0 aliphatic carbocycles. The fourth-order valence-electron chi connectivity index (χ4n) is 2.03. The van der Waals surface area contributed by atoms with Crippen molar-refractivity contribution in [3.63, 3.8) is 0 Å². The molecule has 0 aromatic heterocycles. The Kier molecular flexibility index (Phi) is 5.63. The highest BCUT2D eigenvalue weighted by molar-refractivity contribution is 6.40. The van der Waals surface area contributed by atoms with Crippen molar-refractivity contribution in [3.8, 4) is 0 Å². The van der Waals surface area contributed by atoms with Crippen molar-refractivity contribution in [1.29, 1.82) is 0 Å². The van der Waals surface area contributed by atoms with Gasteiger partial charge in [0.15, 0.2) is 11.5 Å². The average molecular weight is 310 g/mol. The summed E-state index contributed by atoms with van der Waals surface area (Å²) in [5.41, 5.74) is 1.40. The van der Waals surface area contributed by atoms with Crippen LogP contribution in [-0.2, 0) is 9.53 Å². The first-order chi connectivity index (χ1) is 11.1. The SMILES string of the molecule is COC(=O)/C(CC(=O)c1ccccc1)=N\N(C)c1ccccc1. The van der Waals surface area contributed by atoms with Crippen molar-refractivity contribution in [2.45, 2.75) is 6.42 Å². The van der Waals surface area contributed by atoms with Gasteiger partial charge in [-0.2, -0.15) is 5.10 Å². The Labute approximate surface area is 135 Å². The number of ether oxygens (including phenoxy) is 1.